The third-order valence-electron chi connectivity index (χ3n) is 2.02. The molecule has 12 heavy (non-hydrogen) atoms. The predicted molar refractivity (Wildman–Crippen MR) is 54.4 cm³/mol. The number of ether oxygens (including phenoxy) is 1. The van der Waals surface area contributed by atoms with Crippen LogP contribution < -0.4 is 0 Å². The molecule has 1 heteroatoms. The smallest absolute Gasteiger partial charge is 0.0578 e. The highest BCUT2D eigenvalue weighted by Crippen LogP contribution is 2.21. The molecule has 0 heterocycles. The fourth-order valence-electron chi connectivity index (χ4n) is 1.59. The molecule has 0 aromatic carbocycles. The molecule has 0 amide bonds. The summed E-state index contributed by atoms with van der Waals surface area (Å²) in [6, 6.07) is 0. The van der Waals surface area contributed by atoms with E-state index in [4.69, 9.17) is 4.74 Å². The maximum atomic E-state index is 5.69. The van der Waals surface area contributed by atoms with Gasteiger partial charge in [-0.1, -0.05) is 33.1 Å². The summed E-state index contributed by atoms with van der Waals surface area (Å²) in [5, 5.41) is 0. The van der Waals surface area contributed by atoms with Gasteiger partial charge in [0.05, 0.1) is 12.2 Å². The van der Waals surface area contributed by atoms with Crippen LogP contribution in [0, 0.1) is 0 Å². The molecule has 74 valence electrons. The summed E-state index contributed by atoms with van der Waals surface area (Å²) >= 11 is 0. The first kappa shape index (κ1) is 12.0. The summed E-state index contributed by atoms with van der Waals surface area (Å²) in [6.07, 6.45) is 7.74. The van der Waals surface area contributed by atoms with Gasteiger partial charge in [0, 0.05) is 0 Å². The van der Waals surface area contributed by atoms with Crippen LogP contribution in [-0.2, 0) is 4.74 Å². The zero-order chi connectivity index (χ0) is 9.40. The summed E-state index contributed by atoms with van der Waals surface area (Å²) in [4.78, 5) is 0. The van der Waals surface area contributed by atoms with Crippen molar-refractivity contribution in [2.75, 3.05) is 0 Å². The zero-order valence-corrected chi connectivity index (χ0v) is 9.10. The topological polar surface area (TPSA) is 9.23 Å². The van der Waals surface area contributed by atoms with E-state index in [1.54, 1.807) is 0 Å². The lowest BCUT2D eigenvalue weighted by Gasteiger charge is -2.23. The minimum atomic E-state index is 0.420. The van der Waals surface area contributed by atoms with E-state index in [2.05, 4.69) is 13.8 Å². The van der Waals surface area contributed by atoms with Crippen molar-refractivity contribution in [2.24, 2.45) is 0 Å². The van der Waals surface area contributed by atoms with Gasteiger partial charge in [-0.3, -0.25) is 0 Å². The van der Waals surface area contributed by atoms with Gasteiger partial charge in [0.1, 0.15) is 0 Å². The van der Waals surface area contributed by atoms with Crippen LogP contribution in [0.25, 0.3) is 0 Å². The Morgan fingerprint density at radius 2 is 1.50 bits per heavy atom. The van der Waals surface area contributed by atoms with E-state index < -0.39 is 0 Å². The molecule has 0 atom stereocenters. The highest BCUT2D eigenvalue weighted by molar-refractivity contribution is 4.65. The Labute approximate surface area is 77.5 Å². The molecule has 0 spiro atoms. The lowest BCUT2D eigenvalue weighted by molar-refractivity contribution is -0.0117. The second kappa shape index (κ2) is 7.60. The fraction of sp³-hybridized carbons (Fsp3) is 1.00. The van der Waals surface area contributed by atoms with Crippen molar-refractivity contribution >= 4 is 0 Å². The van der Waals surface area contributed by atoms with E-state index in [0.717, 1.165) is 0 Å². The van der Waals surface area contributed by atoms with Crippen molar-refractivity contribution in [3.05, 3.63) is 0 Å². The van der Waals surface area contributed by atoms with Gasteiger partial charge in [0.2, 0.25) is 0 Å². The van der Waals surface area contributed by atoms with Gasteiger partial charge in [-0.05, 0) is 26.7 Å². The molecular formula is C11H24O. The summed E-state index contributed by atoms with van der Waals surface area (Å²) in [5.74, 6) is 0. The largest absolute Gasteiger partial charge is 0.376 e. The van der Waals surface area contributed by atoms with E-state index in [-0.39, 0.29) is 0 Å². The average Bonchev–Trinajstić information content (AvgIpc) is 2.08. The van der Waals surface area contributed by atoms with Gasteiger partial charge in [0.25, 0.3) is 0 Å². The van der Waals surface area contributed by atoms with Crippen molar-refractivity contribution in [2.45, 2.75) is 72.0 Å². The number of rotatable bonds is 2. The minimum Gasteiger partial charge on any atom is -0.376 e. The maximum Gasteiger partial charge on any atom is 0.0578 e. The average molecular weight is 172 g/mol. The minimum absolute atomic E-state index is 0.420. The summed E-state index contributed by atoms with van der Waals surface area (Å²) in [6.45, 7) is 8.24. The van der Waals surface area contributed by atoms with E-state index in [0.29, 0.717) is 12.2 Å². The highest BCUT2D eigenvalue weighted by Gasteiger charge is 2.14. The molecule has 0 unspecified atom stereocenters. The monoisotopic (exact) mass is 172 g/mol. The Balaban J connectivity index is 0.000000561. The van der Waals surface area contributed by atoms with Crippen molar-refractivity contribution in [3.63, 3.8) is 0 Å². The van der Waals surface area contributed by atoms with Crippen molar-refractivity contribution in [1.29, 1.82) is 0 Å². The Morgan fingerprint density at radius 1 is 1.00 bits per heavy atom. The van der Waals surface area contributed by atoms with E-state index in [1.807, 2.05) is 13.8 Å². The van der Waals surface area contributed by atoms with Crippen molar-refractivity contribution in [3.8, 4) is 0 Å². The second-order valence-corrected chi connectivity index (χ2v) is 3.44. The normalized spacial score (nSPS) is 18.8. The van der Waals surface area contributed by atoms with Gasteiger partial charge >= 0.3 is 0 Å². The molecule has 0 N–H and O–H groups in total. The van der Waals surface area contributed by atoms with Gasteiger partial charge < -0.3 is 4.74 Å². The summed E-state index contributed by atoms with van der Waals surface area (Å²) < 4.78 is 5.69. The van der Waals surface area contributed by atoms with Gasteiger partial charge in [-0.15, -0.1) is 0 Å². The standard InChI is InChI=1S/C9H18O.C2H6/c1-8(2)10-9-6-4-3-5-7-9;1-2/h8-9H,3-7H2,1-2H3;1-2H3. The third kappa shape index (κ3) is 5.59. The molecule has 0 aromatic rings. The van der Waals surface area contributed by atoms with E-state index >= 15 is 0 Å². The Kier molecular flexibility index (Phi) is 7.58. The first-order chi connectivity index (χ1) is 5.79. The Morgan fingerprint density at radius 3 is 1.92 bits per heavy atom. The van der Waals surface area contributed by atoms with Gasteiger partial charge in [0.15, 0.2) is 0 Å². The SMILES string of the molecule is CC.CC(C)OC1CCCCC1. The van der Waals surface area contributed by atoms with E-state index in [9.17, 15) is 0 Å². The molecule has 0 aromatic heterocycles. The van der Waals surface area contributed by atoms with Crippen LogP contribution in [0.1, 0.15) is 59.8 Å². The van der Waals surface area contributed by atoms with Crippen LogP contribution in [0.3, 0.4) is 0 Å². The van der Waals surface area contributed by atoms with Gasteiger partial charge in [-0.25, -0.2) is 0 Å². The fourth-order valence-corrected chi connectivity index (χ4v) is 1.59. The lowest BCUT2D eigenvalue weighted by atomic mass is 9.98. The molecule has 1 aliphatic carbocycles. The quantitative estimate of drug-likeness (QED) is 0.616. The van der Waals surface area contributed by atoms with Crippen LogP contribution >= 0.6 is 0 Å². The molecule has 0 radical (unpaired) electrons. The predicted octanol–water partition coefficient (Wildman–Crippen LogP) is 3.77. The third-order valence-corrected chi connectivity index (χ3v) is 2.02. The second-order valence-electron chi connectivity index (χ2n) is 3.44. The molecule has 1 saturated carbocycles. The molecule has 0 aliphatic heterocycles. The number of hydrogen-bond acceptors (Lipinski definition) is 1. The van der Waals surface area contributed by atoms with Crippen molar-refractivity contribution < 1.29 is 4.74 Å². The summed E-state index contributed by atoms with van der Waals surface area (Å²) in [7, 11) is 0. The van der Waals surface area contributed by atoms with Crippen LogP contribution in [-0.4, -0.2) is 12.2 Å². The first-order valence-electron chi connectivity index (χ1n) is 5.44. The molecule has 1 aliphatic rings. The molecule has 1 rings (SSSR count). The highest BCUT2D eigenvalue weighted by atomic mass is 16.5. The molecular weight excluding hydrogens is 148 g/mol. The molecule has 0 bridgehead atoms. The molecule has 1 fully saturated rings. The molecule has 1 nitrogen and oxygen atoms in total. The zero-order valence-electron chi connectivity index (χ0n) is 9.10. The van der Waals surface area contributed by atoms with Crippen LogP contribution in [0.4, 0.5) is 0 Å². The van der Waals surface area contributed by atoms with E-state index in [1.165, 1.54) is 32.1 Å². The maximum absolute atomic E-state index is 5.69. The Bertz CT molecular complexity index is 83.0. The lowest BCUT2D eigenvalue weighted by Crippen LogP contribution is -2.20. The van der Waals surface area contributed by atoms with Crippen molar-refractivity contribution in [1.82, 2.24) is 0 Å². The van der Waals surface area contributed by atoms with Gasteiger partial charge in [-0.2, -0.15) is 0 Å². The summed E-state index contributed by atoms with van der Waals surface area (Å²) in [5.41, 5.74) is 0. The van der Waals surface area contributed by atoms with Crippen LogP contribution in [0.2, 0.25) is 0 Å². The molecule has 0 saturated heterocycles. The van der Waals surface area contributed by atoms with Crippen LogP contribution in [0.5, 0.6) is 0 Å². The Hall–Kier alpha value is -0.0400. The number of hydrogen-bond donors (Lipinski definition) is 0. The first-order valence-corrected chi connectivity index (χ1v) is 5.44. The van der Waals surface area contributed by atoms with Crippen LogP contribution in [0.15, 0.2) is 0 Å².